The van der Waals surface area contributed by atoms with Crippen LogP contribution in [0.2, 0.25) is 5.02 Å². The molecule has 1 N–H and O–H groups in total. The molecule has 0 aliphatic heterocycles. The minimum Gasteiger partial charge on any atom is -0.497 e. The van der Waals surface area contributed by atoms with Crippen molar-refractivity contribution in [2.45, 2.75) is 5.75 Å². The third-order valence-corrected chi connectivity index (χ3v) is 4.74. The molecule has 1 amide bonds. The first-order chi connectivity index (χ1) is 12.1. The van der Waals surface area contributed by atoms with Gasteiger partial charge in [0.25, 0.3) is 0 Å². The fourth-order valence-corrected chi connectivity index (χ4v) is 3.23. The van der Waals surface area contributed by atoms with Crippen LogP contribution < -0.4 is 10.1 Å². The molecule has 0 heterocycles. The zero-order chi connectivity index (χ0) is 18.1. The number of halogens is 2. The summed E-state index contributed by atoms with van der Waals surface area (Å²) in [5.74, 6) is 1.45. The fourth-order valence-electron chi connectivity index (χ4n) is 2.04. The molecule has 0 radical (unpaired) electrons. The van der Waals surface area contributed by atoms with Gasteiger partial charge in [0.05, 0.1) is 7.11 Å². The first kappa shape index (κ1) is 19.3. The third-order valence-electron chi connectivity index (χ3n) is 3.40. The predicted molar refractivity (Wildman–Crippen MR) is 103 cm³/mol. The molecule has 2 aromatic carbocycles. The van der Waals surface area contributed by atoms with Gasteiger partial charge in [0.1, 0.15) is 11.6 Å². The smallest absolute Gasteiger partial charge is 0.244 e. The monoisotopic (exact) mass is 379 g/mol. The summed E-state index contributed by atoms with van der Waals surface area (Å²) in [7, 11) is 1.61. The maximum Gasteiger partial charge on any atom is 0.244 e. The van der Waals surface area contributed by atoms with Crippen LogP contribution >= 0.6 is 23.4 Å². The molecule has 0 aliphatic carbocycles. The number of benzene rings is 2. The van der Waals surface area contributed by atoms with Crippen LogP contribution in [-0.4, -0.2) is 25.3 Å². The molecule has 0 saturated carbocycles. The molecule has 0 aliphatic rings. The second kappa shape index (κ2) is 10.1. The Bertz CT molecular complexity index is 714. The molecular weight excluding hydrogens is 361 g/mol. The summed E-state index contributed by atoms with van der Waals surface area (Å²) in [4.78, 5) is 11.8. The van der Waals surface area contributed by atoms with Gasteiger partial charge in [-0.15, -0.1) is 0 Å². The molecule has 2 rings (SSSR count). The molecule has 0 bridgehead atoms. The Kier molecular flexibility index (Phi) is 7.82. The molecule has 0 fully saturated rings. The van der Waals surface area contributed by atoms with Gasteiger partial charge in [-0.25, -0.2) is 4.39 Å². The lowest BCUT2D eigenvalue weighted by Crippen LogP contribution is -2.23. The minimum atomic E-state index is -0.300. The van der Waals surface area contributed by atoms with E-state index in [1.807, 2.05) is 24.3 Å². The third kappa shape index (κ3) is 6.44. The number of carbonyl (C=O) groups excluding carboxylic acids is 1. The highest BCUT2D eigenvalue weighted by molar-refractivity contribution is 7.98. The number of hydrogen-bond acceptors (Lipinski definition) is 3. The van der Waals surface area contributed by atoms with Gasteiger partial charge in [-0.1, -0.05) is 29.8 Å². The molecule has 132 valence electrons. The lowest BCUT2D eigenvalue weighted by atomic mass is 10.2. The predicted octanol–water partition coefficient (Wildman–Crippen LogP) is 4.55. The fraction of sp³-hybridized carbons (Fsp3) is 0.211. The summed E-state index contributed by atoms with van der Waals surface area (Å²) in [6.07, 6.45) is 3.22. The van der Waals surface area contributed by atoms with Gasteiger partial charge in [0, 0.05) is 34.7 Å². The van der Waals surface area contributed by atoms with Crippen LogP contribution in [0.1, 0.15) is 11.1 Å². The summed E-state index contributed by atoms with van der Waals surface area (Å²) in [6, 6.07) is 12.1. The molecule has 0 saturated heterocycles. The minimum absolute atomic E-state index is 0.166. The number of rotatable bonds is 8. The summed E-state index contributed by atoms with van der Waals surface area (Å²) in [5.41, 5.74) is 1.42. The van der Waals surface area contributed by atoms with Crippen molar-refractivity contribution in [1.29, 1.82) is 0 Å². The van der Waals surface area contributed by atoms with E-state index in [-0.39, 0.29) is 11.7 Å². The quantitative estimate of drug-likeness (QED) is 0.540. The van der Waals surface area contributed by atoms with Gasteiger partial charge < -0.3 is 10.1 Å². The van der Waals surface area contributed by atoms with Gasteiger partial charge >= 0.3 is 0 Å². The molecule has 0 unspecified atom stereocenters. The first-order valence-corrected chi connectivity index (χ1v) is 9.24. The van der Waals surface area contributed by atoms with Crippen molar-refractivity contribution in [1.82, 2.24) is 5.32 Å². The summed E-state index contributed by atoms with van der Waals surface area (Å²) in [6.45, 7) is 0.503. The number of amides is 1. The van der Waals surface area contributed by atoms with E-state index in [0.29, 0.717) is 28.6 Å². The standard InChI is InChI=1S/C19H19ClFNO2S/c1-24-15-8-5-14(6-9-15)7-10-19(23)22-11-12-25-13-16-17(20)3-2-4-18(16)21/h2-10H,11-13H2,1H3,(H,22,23). The Morgan fingerprint density at radius 1 is 1.28 bits per heavy atom. The second-order valence-corrected chi connectivity index (χ2v) is 6.66. The van der Waals surface area contributed by atoms with Crippen molar-refractivity contribution in [3.8, 4) is 5.75 Å². The number of methoxy groups -OCH3 is 1. The number of ether oxygens (including phenoxy) is 1. The molecular formula is C19H19ClFNO2S. The van der Waals surface area contributed by atoms with Gasteiger partial charge in [0.2, 0.25) is 5.91 Å². The van der Waals surface area contributed by atoms with Crippen molar-refractivity contribution < 1.29 is 13.9 Å². The van der Waals surface area contributed by atoms with Gasteiger partial charge in [0.15, 0.2) is 0 Å². The molecule has 2 aromatic rings. The lowest BCUT2D eigenvalue weighted by molar-refractivity contribution is -0.116. The average Bonchev–Trinajstić information content (AvgIpc) is 2.62. The summed E-state index contributed by atoms with van der Waals surface area (Å²) < 4.78 is 18.7. The van der Waals surface area contributed by atoms with Crippen LogP contribution in [-0.2, 0) is 10.5 Å². The summed E-state index contributed by atoms with van der Waals surface area (Å²) in [5, 5.41) is 3.22. The lowest BCUT2D eigenvalue weighted by Gasteiger charge is -2.06. The SMILES string of the molecule is COc1ccc(C=CC(=O)NCCSCc2c(F)cccc2Cl)cc1. The zero-order valence-corrected chi connectivity index (χ0v) is 15.4. The Morgan fingerprint density at radius 2 is 2.04 bits per heavy atom. The van der Waals surface area contributed by atoms with Crippen molar-refractivity contribution in [2.75, 3.05) is 19.4 Å². The topological polar surface area (TPSA) is 38.3 Å². The molecule has 0 atom stereocenters. The molecule has 25 heavy (non-hydrogen) atoms. The van der Waals surface area contributed by atoms with E-state index in [0.717, 1.165) is 11.3 Å². The van der Waals surface area contributed by atoms with Crippen molar-refractivity contribution >= 4 is 35.3 Å². The van der Waals surface area contributed by atoms with E-state index in [1.165, 1.54) is 23.9 Å². The van der Waals surface area contributed by atoms with Crippen molar-refractivity contribution in [3.63, 3.8) is 0 Å². The van der Waals surface area contributed by atoms with Gasteiger partial charge in [-0.05, 0) is 35.9 Å². The van der Waals surface area contributed by atoms with Crippen LogP contribution in [0.25, 0.3) is 6.08 Å². The Morgan fingerprint density at radius 3 is 2.72 bits per heavy atom. The van der Waals surface area contributed by atoms with E-state index in [1.54, 1.807) is 25.3 Å². The summed E-state index contributed by atoms with van der Waals surface area (Å²) >= 11 is 7.49. The van der Waals surface area contributed by atoms with Gasteiger partial charge in [-0.3, -0.25) is 4.79 Å². The molecule has 0 spiro atoms. The molecule has 0 aromatic heterocycles. The van der Waals surface area contributed by atoms with Crippen LogP contribution in [0.15, 0.2) is 48.5 Å². The van der Waals surface area contributed by atoms with Crippen LogP contribution in [0, 0.1) is 5.82 Å². The van der Waals surface area contributed by atoms with E-state index in [2.05, 4.69) is 5.32 Å². The van der Waals surface area contributed by atoms with Crippen LogP contribution in [0.5, 0.6) is 5.75 Å². The zero-order valence-electron chi connectivity index (χ0n) is 13.8. The highest BCUT2D eigenvalue weighted by Gasteiger charge is 2.06. The second-order valence-electron chi connectivity index (χ2n) is 5.15. The van der Waals surface area contributed by atoms with E-state index < -0.39 is 0 Å². The molecule has 6 heteroatoms. The van der Waals surface area contributed by atoms with Crippen molar-refractivity contribution in [3.05, 3.63) is 70.5 Å². The average molecular weight is 380 g/mol. The van der Waals surface area contributed by atoms with Crippen molar-refractivity contribution in [2.24, 2.45) is 0 Å². The first-order valence-electron chi connectivity index (χ1n) is 7.70. The Labute approximate surface area is 156 Å². The number of carbonyl (C=O) groups is 1. The van der Waals surface area contributed by atoms with E-state index in [9.17, 15) is 9.18 Å². The van der Waals surface area contributed by atoms with E-state index in [4.69, 9.17) is 16.3 Å². The number of hydrogen-bond donors (Lipinski definition) is 1. The Hall–Kier alpha value is -1.98. The van der Waals surface area contributed by atoms with Crippen LogP contribution in [0.4, 0.5) is 4.39 Å². The van der Waals surface area contributed by atoms with E-state index >= 15 is 0 Å². The van der Waals surface area contributed by atoms with Gasteiger partial charge in [-0.2, -0.15) is 11.8 Å². The van der Waals surface area contributed by atoms with Crippen LogP contribution in [0.3, 0.4) is 0 Å². The highest BCUT2D eigenvalue weighted by Crippen LogP contribution is 2.23. The highest BCUT2D eigenvalue weighted by atomic mass is 35.5. The molecule has 3 nitrogen and oxygen atoms in total. The maximum atomic E-state index is 13.6. The maximum absolute atomic E-state index is 13.6. The largest absolute Gasteiger partial charge is 0.497 e. The Balaban J connectivity index is 1.69. The number of nitrogens with one attached hydrogen (secondary N) is 1. The normalized spacial score (nSPS) is 10.8. The number of thioether (sulfide) groups is 1.